The van der Waals surface area contributed by atoms with E-state index in [1.807, 2.05) is 0 Å². The number of ether oxygens (including phenoxy) is 2. The average Bonchev–Trinajstić information content (AvgIpc) is 2.58. The number of benzene rings is 2. The van der Waals surface area contributed by atoms with Gasteiger partial charge in [0.1, 0.15) is 11.5 Å². The van der Waals surface area contributed by atoms with Crippen LogP contribution in [0.1, 0.15) is 15.9 Å². The number of rotatable bonds is 5. The monoisotopic (exact) mass is 474 g/mol. The van der Waals surface area contributed by atoms with Crippen LogP contribution in [0.3, 0.4) is 0 Å². The highest BCUT2D eigenvalue weighted by Gasteiger charge is 2.14. The van der Waals surface area contributed by atoms with Gasteiger partial charge in [0.05, 0.1) is 25.3 Å². The first-order chi connectivity index (χ1) is 11.5. The lowest BCUT2D eigenvalue weighted by atomic mass is 10.2. The van der Waals surface area contributed by atoms with Crippen molar-refractivity contribution in [2.45, 2.75) is 0 Å². The van der Waals surface area contributed by atoms with Gasteiger partial charge in [-0.15, -0.1) is 0 Å². The molecule has 2 aromatic rings. The minimum Gasteiger partial charge on any atom is -0.496 e. The maximum Gasteiger partial charge on any atom is 0.275 e. The zero-order valence-corrected chi connectivity index (χ0v) is 16.7. The van der Waals surface area contributed by atoms with Crippen molar-refractivity contribution in [3.05, 3.63) is 56.5 Å². The lowest BCUT2D eigenvalue weighted by molar-refractivity contribution is 0.0952. The first-order valence-electron chi connectivity index (χ1n) is 6.67. The highest BCUT2D eigenvalue weighted by molar-refractivity contribution is 9.10. The predicted octanol–water partition coefficient (Wildman–Crippen LogP) is 4.56. The summed E-state index contributed by atoms with van der Waals surface area (Å²) in [5, 5.41) is 4.03. The third-order valence-electron chi connectivity index (χ3n) is 3.05. The molecule has 8 heteroatoms. The maximum absolute atomic E-state index is 12.3. The third-order valence-corrected chi connectivity index (χ3v) is 4.32. The molecule has 5 nitrogen and oxygen atoms in total. The van der Waals surface area contributed by atoms with Gasteiger partial charge in [0, 0.05) is 8.95 Å². The smallest absolute Gasteiger partial charge is 0.275 e. The van der Waals surface area contributed by atoms with Crippen molar-refractivity contribution in [3.8, 4) is 11.5 Å². The summed E-state index contributed by atoms with van der Waals surface area (Å²) in [5.74, 6) is 0.525. The second-order valence-electron chi connectivity index (χ2n) is 4.53. The molecule has 0 aliphatic carbocycles. The standard InChI is InChI=1S/C16H13Br2ClN2O3/c1-23-13-7-9(17)3-5-11(13)15(19)20-21-16(22)12-6-4-10(18)8-14(12)24-2/h3-8H,1-2H3,(H,21,22)/b20-15-. The summed E-state index contributed by atoms with van der Waals surface area (Å²) in [6.07, 6.45) is 0. The van der Waals surface area contributed by atoms with Crippen molar-refractivity contribution < 1.29 is 14.3 Å². The van der Waals surface area contributed by atoms with E-state index in [-0.39, 0.29) is 5.17 Å². The molecular formula is C16H13Br2ClN2O3. The molecule has 1 N–H and O–H groups in total. The summed E-state index contributed by atoms with van der Waals surface area (Å²) in [5.41, 5.74) is 3.32. The van der Waals surface area contributed by atoms with Gasteiger partial charge in [0.25, 0.3) is 5.91 Å². The van der Waals surface area contributed by atoms with Crippen LogP contribution in [0.2, 0.25) is 0 Å². The average molecular weight is 477 g/mol. The molecule has 2 aromatic carbocycles. The van der Waals surface area contributed by atoms with Crippen LogP contribution in [0.5, 0.6) is 11.5 Å². The zero-order chi connectivity index (χ0) is 17.7. The fourth-order valence-electron chi connectivity index (χ4n) is 1.91. The van der Waals surface area contributed by atoms with Crippen molar-refractivity contribution in [2.24, 2.45) is 5.10 Å². The van der Waals surface area contributed by atoms with Crippen LogP contribution >= 0.6 is 43.5 Å². The van der Waals surface area contributed by atoms with Crippen LogP contribution in [0.25, 0.3) is 0 Å². The van der Waals surface area contributed by atoms with E-state index < -0.39 is 5.91 Å². The number of hydrogen-bond donors (Lipinski definition) is 1. The molecular weight excluding hydrogens is 463 g/mol. The molecule has 0 unspecified atom stereocenters. The highest BCUT2D eigenvalue weighted by Crippen LogP contribution is 2.26. The van der Waals surface area contributed by atoms with Crippen molar-refractivity contribution in [3.63, 3.8) is 0 Å². The molecule has 0 heterocycles. The van der Waals surface area contributed by atoms with Gasteiger partial charge in [-0.1, -0.05) is 43.5 Å². The summed E-state index contributed by atoms with van der Waals surface area (Å²) in [6, 6.07) is 10.4. The summed E-state index contributed by atoms with van der Waals surface area (Å²) in [7, 11) is 3.02. The number of nitrogens with one attached hydrogen (secondary N) is 1. The second-order valence-corrected chi connectivity index (χ2v) is 6.72. The second kappa shape index (κ2) is 8.50. The molecule has 0 aromatic heterocycles. The van der Waals surface area contributed by atoms with E-state index in [9.17, 15) is 4.79 Å². The van der Waals surface area contributed by atoms with Crippen LogP contribution in [0, 0.1) is 0 Å². The predicted molar refractivity (Wildman–Crippen MR) is 101 cm³/mol. The highest BCUT2D eigenvalue weighted by atomic mass is 79.9. The third kappa shape index (κ3) is 4.49. The largest absolute Gasteiger partial charge is 0.496 e. The molecule has 0 saturated heterocycles. The van der Waals surface area contributed by atoms with Crippen LogP contribution in [-0.2, 0) is 0 Å². The Morgan fingerprint density at radius 3 is 2.04 bits per heavy atom. The van der Waals surface area contributed by atoms with E-state index in [0.717, 1.165) is 8.95 Å². The van der Waals surface area contributed by atoms with Gasteiger partial charge in [-0.3, -0.25) is 4.79 Å². The first-order valence-corrected chi connectivity index (χ1v) is 8.63. The molecule has 0 radical (unpaired) electrons. The van der Waals surface area contributed by atoms with Crippen molar-refractivity contribution in [1.29, 1.82) is 0 Å². The fourth-order valence-corrected chi connectivity index (χ4v) is 2.79. The van der Waals surface area contributed by atoms with Crippen LogP contribution in [-0.4, -0.2) is 25.3 Å². The first kappa shape index (κ1) is 18.8. The Bertz CT molecular complexity index is 797. The molecule has 0 bridgehead atoms. The number of amides is 1. The number of hydrogen-bond acceptors (Lipinski definition) is 4. The van der Waals surface area contributed by atoms with Crippen molar-refractivity contribution >= 4 is 54.5 Å². The SMILES string of the molecule is COc1cc(Br)ccc1C(=O)N/N=C(\Cl)c1ccc(Br)cc1OC. The quantitative estimate of drug-likeness (QED) is 0.509. The van der Waals surface area contributed by atoms with E-state index in [4.69, 9.17) is 21.1 Å². The lowest BCUT2D eigenvalue weighted by Crippen LogP contribution is -2.19. The Morgan fingerprint density at radius 1 is 1.00 bits per heavy atom. The zero-order valence-electron chi connectivity index (χ0n) is 12.8. The molecule has 24 heavy (non-hydrogen) atoms. The van der Waals surface area contributed by atoms with Gasteiger partial charge in [0.15, 0.2) is 5.17 Å². The molecule has 0 aliphatic heterocycles. The van der Waals surface area contributed by atoms with Gasteiger partial charge >= 0.3 is 0 Å². The Morgan fingerprint density at radius 2 is 1.50 bits per heavy atom. The number of carbonyl (C=O) groups is 1. The van der Waals surface area contributed by atoms with Gasteiger partial charge < -0.3 is 9.47 Å². The number of carbonyl (C=O) groups excluding carboxylic acids is 1. The Hall–Kier alpha value is -1.57. The number of nitrogens with zero attached hydrogens (tertiary/aromatic N) is 1. The number of halogens is 3. The summed E-state index contributed by atoms with van der Waals surface area (Å²) in [4.78, 5) is 12.3. The Balaban J connectivity index is 2.23. The van der Waals surface area contributed by atoms with Gasteiger partial charge in [-0.25, -0.2) is 5.43 Å². The van der Waals surface area contributed by atoms with E-state index in [1.54, 1.807) is 36.4 Å². The van der Waals surface area contributed by atoms with Crippen LogP contribution < -0.4 is 14.9 Å². The summed E-state index contributed by atoms with van der Waals surface area (Å²) < 4.78 is 12.1. The molecule has 0 fully saturated rings. The topological polar surface area (TPSA) is 59.9 Å². The molecule has 1 amide bonds. The van der Waals surface area contributed by atoms with Gasteiger partial charge in [0.2, 0.25) is 0 Å². The van der Waals surface area contributed by atoms with Gasteiger partial charge in [-0.2, -0.15) is 5.10 Å². The molecule has 2 rings (SSSR count). The number of hydrazone groups is 1. The van der Waals surface area contributed by atoms with E-state index in [1.165, 1.54) is 14.2 Å². The van der Waals surface area contributed by atoms with Gasteiger partial charge in [-0.05, 0) is 36.4 Å². The van der Waals surface area contributed by atoms with Crippen molar-refractivity contribution in [2.75, 3.05) is 14.2 Å². The summed E-state index contributed by atoms with van der Waals surface area (Å²) >= 11 is 12.8. The Labute approximate surface area is 161 Å². The molecule has 126 valence electrons. The maximum atomic E-state index is 12.3. The van der Waals surface area contributed by atoms with Crippen molar-refractivity contribution in [1.82, 2.24) is 5.43 Å². The Kier molecular flexibility index (Phi) is 6.65. The normalized spacial score (nSPS) is 11.1. The van der Waals surface area contributed by atoms with Crippen LogP contribution in [0.4, 0.5) is 0 Å². The minimum absolute atomic E-state index is 0.101. The fraction of sp³-hybridized carbons (Fsp3) is 0.125. The molecule has 0 spiro atoms. The van der Waals surface area contributed by atoms with E-state index in [2.05, 4.69) is 42.4 Å². The van der Waals surface area contributed by atoms with E-state index >= 15 is 0 Å². The molecule has 0 atom stereocenters. The minimum atomic E-state index is -0.437. The number of methoxy groups -OCH3 is 2. The van der Waals surface area contributed by atoms with E-state index in [0.29, 0.717) is 22.6 Å². The molecule has 0 aliphatic rings. The van der Waals surface area contributed by atoms with Crippen LogP contribution in [0.15, 0.2) is 50.4 Å². The molecule has 0 saturated carbocycles. The summed E-state index contributed by atoms with van der Waals surface area (Å²) in [6.45, 7) is 0. The lowest BCUT2D eigenvalue weighted by Gasteiger charge is -2.09.